The van der Waals surface area contributed by atoms with Crippen LogP contribution in [0.15, 0.2) is 67.0 Å². The maximum Gasteiger partial charge on any atom is 0.416 e. The minimum atomic E-state index is -4.34. The lowest BCUT2D eigenvalue weighted by Gasteiger charge is -2.18. The van der Waals surface area contributed by atoms with E-state index in [2.05, 4.69) is 11.1 Å². The number of halogens is 3. The second-order valence-electron chi connectivity index (χ2n) is 7.07. The highest BCUT2D eigenvalue weighted by molar-refractivity contribution is 5.96. The Kier molecular flexibility index (Phi) is 5.09. The fraction of sp³-hybridized carbons (Fsp3) is 0.217. The molecule has 0 aliphatic carbocycles. The summed E-state index contributed by atoms with van der Waals surface area (Å²) in [6.45, 7) is 0.626. The number of benzene rings is 2. The second-order valence-corrected chi connectivity index (χ2v) is 7.07. The average Bonchev–Trinajstić information content (AvgIpc) is 3.15. The normalized spacial score (nSPS) is 13.4. The summed E-state index contributed by atoms with van der Waals surface area (Å²) < 4.78 is 38.0. The Bertz CT molecular complexity index is 1010. The maximum atomic E-state index is 12.7. The number of aromatic nitrogens is 1. The Morgan fingerprint density at radius 2 is 1.69 bits per heavy atom. The van der Waals surface area contributed by atoms with Crippen molar-refractivity contribution in [2.45, 2.75) is 25.4 Å². The van der Waals surface area contributed by atoms with Crippen molar-refractivity contribution >= 4 is 11.6 Å². The van der Waals surface area contributed by atoms with Crippen LogP contribution in [0.3, 0.4) is 0 Å². The highest BCUT2D eigenvalue weighted by Gasteiger charge is 2.30. The summed E-state index contributed by atoms with van der Waals surface area (Å²) in [6.07, 6.45) is 0.622. The quantitative estimate of drug-likeness (QED) is 0.600. The summed E-state index contributed by atoms with van der Waals surface area (Å²) in [4.78, 5) is 18.5. The average molecular weight is 396 g/mol. The van der Waals surface area contributed by atoms with Gasteiger partial charge in [0.2, 0.25) is 5.91 Å². The Balaban J connectivity index is 1.42. The molecule has 0 bridgehead atoms. The zero-order valence-electron chi connectivity index (χ0n) is 15.6. The summed E-state index contributed by atoms with van der Waals surface area (Å²) in [5.74, 6) is -0.0136. The number of hydrogen-bond acceptors (Lipinski definition) is 2. The monoisotopic (exact) mass is 396 g/mol. The van der Waals surface area contributed by atoms with E-state index in [1.54, 1.807) is 17.3 Å². The highest BCUT2D eigenvalue weighted by atomic mass is 19.4. The van der Waals surface area contributed by atoms with Crippen LogP contribution in [0.25, 0.3) is 11.1 Å². The predicted octanol–water partition coefficient (Wildman–Crippen LogP) is 5.29. The van der Waals surface area contributed by atoms with E-state index in [9.17, 15) is 18.0 Å². The van der Waals surface area contributed by atoms with Crippen LogP contribution < -0.4 is 4.90 Å². The van der Waals surface area contributed by atoms with Gasteiger partial charge in [0.15, 0.2) is 0 Å². The van der Waals surface area contributed by atoms with Crippen molar-refractivity contribution < 1.29 is 18.0 Å². The summed E-state index contributed by atoms with van der Waals surface area (Å²) in [7, 11) is 0. The van der Waals surface area contributed by atoms with Gasteiger partial charge in [-0.2, -0.15) is 13.2 Å². The molecule has 1 amide bonds. The largest absolute Gasteiger partial charge is 0.416 e. The van der Waals surface area contributed by atoms with Crippen molar-refractivity contribution in [3.05, 3.63) is 83.7 Å². The van der Waals surface area contributed by atoms with Crippen LogP contribution in [-0.2, 0) is 23.8 Å². The standard InChI is InChI=1S/C23H19F3N2O/c24-23(25,26)20-5-1-16(2-6-20)3-8-22(29)28-14-11-19-15-18(4-7-21(19)28)17-9-12-27-13-10-17/h1-2,4-7,9-10,12-13,15H,3,8,11,14H2. The molecule has 0 saturated heterocycles. The van der Waals surface area contributed by atoms with Crippen molar-refractivity contribution in [3.8, 4) is 11.1 Å². The lowest BCUT2D eigenvalue weighted by Crippen LogP contribution is -2.29. The van der Waals surface area contributed by atoms with Crippen molar-refractivity contribution in [1.82, 2.24) is 4.98 Å². The van der Waals surface area contributed by atoms with Crippen LogP contribution in [0.1, 0.15) is 23.1 Å². The fourth-order valence-corrected chi connectivity index (χ4v) is 3.63. The van der Waals surface area contributed by atoms with E-state index in [1.807, 2.05) is 24.3 Å². The summed E-state index contributed by atoms with van der Waals surface area (Å²) >= 11 is 0. The smallest absolute Gasteiger partial charge is 0.312 e. The highest BCUT2D eigenvalue weighted by Crippen LogP contribution is 2.33. The van der Waals surface area contributed by atoms with Crippen molar-refractivity contribution in [1.29, 1.82) is 0 Å². The van der Waals surface area contributed by atoms with E-state index >= 15 is 0 Å². The molecule has 0 N–H and O–H groups in total. The predicted molar refractivity (Wildman–Crippen MR) is 105 cm³/mol. The first-order valence-electron chi connectivity index (χ1n) is 9.41. The Morgan fingerprint density at radius 3 is 2.38 bits per heavy atom. The van der Waals surface area contributed by atoms with E-state index in [-0.39, 0.29) is 12.3 Å². The van der Waals surface area contributed by atoms with E-state index < -0.39 is 11.7 Å². The van der Waals surface area contributed by atoms with Gasteiger partial charge in [-0.3, -0.25) is 9.78 Å². The molecule has 0 saturated carbocycles. The van der Waals surface area contributed by atoms with Crippen molar-refractivity contribution in [2.75, 3.05) is 11.4 Å². The molecule has 3 aromatic rings. The van der Waals surface area contributed by atoms with Gasteiger partial charge in [0.05, 0.1) is 5.56 Å². The number of fused-ring (bicyclic) bond motifs is 1. The van der Waals surface area contributed by atoms with E-state index in [4.69, 9.17) is 0 Å². The SMILES string of the molecule is O=C(CCc1ccc(C(F)(F)F)cc1)N1CCc2cc(-c3ccncc3)ccc21. The van der Waals surface area contributed by atoms with E-state index in [0.717, 1.165) is 46.5 Å². The minimum Gasteiger partial charge on any atom is -0.312 e. The number of pyridine rings is 1. The van der Waals surface area contributed by atoms with Crippen LogP contribution in [-0.4, -0.2) is 17.4 Å². The molecule has 2 aromatic carbocycles. The minimum absolute atomic E-state index is 0.0136. The zero-order chi connectivity index (χ0) is 20.4. The van der Waals surface area contributed by atoms with Gasteiger partial charge in [-0.05, 0) is 71.5 Å². The first-order chi connectivity index (χ1) is 13.9. The number of hydrogen-bond donors (Lipinski definition) is 0. The fourth-order valence-electron chi connectivity index (χ4n) is 3.63. The third-order valence-electron chi connectivity index (χ3n) is 5.20. The van der Waals surface area contributed by atoms with Crippen LogP contribution in [0.5, 0.6) is 0 Å². The first-order valence-corrected chi connectivity index (χ1v) is 9.41. The second kappa shape index (κ2) is 7.70. The summed E-state index contributed by atoms with van der Waals surface area (Å²) in [5, 5.41) is 0. The van der Waals surface area contributed by atoms with Crippen LogP contribution in [0.4, 0.5) is 18.9 Å². The van der Waals surface area contributed by atoms with Crippen LogP contribution in [0, 0.1) is 0 Å². The molecular weight excluding hydrogens is 377 g/mol. The zero-order valence-corrected chi connectivity index (χ0v) is 15.6. The van der Waals surface area contributed by atoms with E-state index in [1.165, 1.54) is 12.1 Å². The molecule has 0 spiro atoms. The molecular formula is C23H19F3N2O. The molecule has 148 valence electrons. The third-order valence-corrected chi connectivity index (χ3v) is 5.20. The molecule has 0 atom stereocenters. The maximum absolute atomic E-state index is 12.7. The molecule has 0 radical (unpaired) electrons. The molecule has 6 heteroatoms. The lowest BCUT2D eigenvalue weighted by atomic mass is 10.0. The van der Waals surface area contributed by atoms with Crippen molar-refractivity contribution in [3.63, 3.8) is 0 Å². The molecule has 3 nitrogen and oxygen atoms in total. The van der Waals surface area contributed by atoms with Gasteiger partial charge in [-0.1, -0.05) is 18.2 Å². The number of nitrogens with zero attached hydrogens (tertiary/aromatic N) is 2. The molecule has 1 aliphatic heterocycles. The topological polar surface area (TPSA) is 33.2 Å². The number of anilines is 1. The van der Waals surface area contributed by atoms with Crippen molar-refractivity contribution in [2.24, 2.45) is 0 Å². The molecule has 1 aromatic heterocycles. The van der Waals surface area contributed by atoms with Gasteiger partial charge in [0.1, 0.15) is 0 Å². The molecule has 4 rings (SSSR count). The third kappa shape index (κ3) is 4.16. The number of carbonyl (C=O) groups excluding carboxylic acids is 1. The van der Waals surface area contributed by atoms with Gasteiger partial charge in [0.25, 0.3) is 0 Å². The van der Waals surface area contributed by atoms with Crippen LogP contribution >= 0.6 is 0 Å². The van der Waals surface area contributed by atoms with Gasteiger partial charge in [0, 0.05) is 31.0 Å². The summed E-state index contributed by atoms with van der Waals surface area (Å²) in [5.41, 5.74) is 4.26. The number of amides is 1. The molecule has 1 aliphatic rings. The number of aryl methyl sites for hydroxylation is 1. The molecule has 2 heterocycles. The Hall–Kier alpha value is -3.15. The van der Waals surface area contributed by atoms with Gasteiger partial charge in [-0.25, -0.2) is 0 Å². The molecule has 0 unspecified atom stereocenters. The number of rotatable bonds is 4. The van der Waals surface area contributed by atoms with Crippen LogP contribution in [0.2, 0.25) is 0 Å². The number of alkyl halides is 3. The first kappa shape index (κ1) is 19.2. The van der Waals surface area contributed by atoms with Gasteiger partial charge in [-0.15, -0.1) is 0 Å². The Morgan fingerprint density at radius 1 is 0.966 bits per heavy atom. The van der Waals surface area contributed by atoms with Gasteiger partial charge < -0.3 is 4.90 Å². The number of carbonyl (C=O) groups is 1. The molecule has 29 heavy (non-hydrogen) atoms. The Labute approximate surface area is 166 Å². The van der Waals surface area contributed by atoms with E-state index in [0.29, 0.717) is 13.0 Å². The lowest BCUT2D eigenvalue weighted by molar-refractivity contribution is -0.137. The molecule has 0 fully saturated rings. The summed E-state index contributed by atoms with van der Waals surface area (Å²) in [6, 6.07) is 15.0. The van der Waals surface area contributed by atoms with Gasteiger partial charge >= 0.3 is 6.18 Å².